The topological polar surface area (TPSA) is 50.7 Å². The molecule has 0 aliphatic heterocycles. The van der Waals surface area contributed by atoms with Gasteiger partial charge in [-0.05, 0) is 56.5 Å². The van der Waals surface area contributed by atoms with Gasteiger partial charge in [-0.1, -0.05) is 0 Å². The summed E-state index contributed by atoms with van der Waals surface area (Å²) in [4.78, 5) is 13.0. The lowest BCUT2D eigenvalue weighted by molar-refractivity contribution is 0.434. The second kappa shape index (κ2) is 5.63. The average molecular weight is 272 g/mol. The van der Waals surface area contributed by atoms with Gasteiger partial charge in [-0.2, -0.15) is 0 Å². The third-order valence-corrected chi connectivity index (χ3v) is 3.70. The number of nitrogens with one attached hydrogen (secondary N) is 1. The van der Waals surface area contributed by atoms with E-state index in [2.05, 4.69) is 20.3 Å². The highest BCUT2D eigenvalue weighted by atomic mass is 19.1. The third-order valence-electron chi connectivity index (χ3n) is 3.70. The fraction of sp³-hybridized carbons (Fsp3) is 0.400. The zero-order chi connectivity index (χ0) is 13.9. The second-order valence-corrected chi connectivity index (χ2v) is 5.19. The molecule has 1 unspecified atom stereocenters. The second-order valence-electron chi connectivity index (χ2n) is 5.19. The highest BCUT2D eigenvalue weighted by molar-refractivity contribution is 5.49. The van der Waals surface area contributed by atoms with Gasteiger partial charge < -0.3 is 5.32 Å². The minimum Gasteiger partial charge on any atom is -0.319 e. The van der Waals surface area contributed by atoms with E-state index in [4.69, 9.17) is 0 Å². The highest BCUT2D eigenvalue weighted by Gasteiger charge is 2.20. The molecule has 2 aromatic heterocycles. The fourth-order valence-corrected chi connectivity index (χ4v) is 2.68. The standard InChI is InChI=1S/C15H17FN4/c1-17-7-10-2-4-13-11(6-10)8-19-15(20-13)14-5-3-12(16)9-18-14/h3,5,8-10,17H,2,4,6-7H2,1H3. The molecule has 0 radical (unpaired) electrons. The van der Waals surface area contributed by atoms with E-state index in [0.717, 1.165) is 31.5 Å². The molecule has 2 heterocycles. The predicted molar refractivity (Wildman–Crippen MR) is 74.7 cm³/mol. The predicted octanol–water partition coefficient (Wildman–Crippen LogP) is 2.00. The lowest BCUT2D eigenvalue weighted by atomic mass is 9.87. The van der Waals surface area contributed by atoms with Crippen molar-refractivity contribution >= 4 is 0 Å². The summed E-state index contributed by atoms with van der Waals surface area (Å²) in [7, 11) is 1.98. The molecule has 0 saturated carbocycles. The first-order valence-corrected chi connectivity index (χ1v) is 6.87. The van der Waals surface area contributed by atoms with Crippen LogP contribution in [0.4, 0.5) is 4.39 Å². The minimum absolute atomic E-state index is 0.346. The summed E-state index contributed by atoms with van der Waals surface area (Å²) in [5.41, 5.74) is 2.95. The first-order valence-electron chi connectivity index (χ1n) is 6.87. The van der Waals surface area contributed by atoms with E-state index < -0.39 is 0 Å². The lowest BCUT2D eigenvalue weighted by Gasteiger charge is -2.23. The molecule has 3 rings (SSSR count). The molecular weight excluding hydrogens is 255 g/mol. The van der Waals surface area contributed by atoms with Crippen LogP contribution in [-0.4, -0.2) is 28.5 Å². The van der Waals surface area contributed by atoms with Crippen molar-refractivity contribution in [3.05, 3.63) is 41.6 Å². The molecule has 0 amide bonds. The van der Waals surface area contributed by atoms with Crippen LogP contribution in [0, 0.1) is 11.7 Å². The Hall–Kier alpha value is -1.88. The largest absolute Gasteiger partial charge is 0.319 e. The Morgan fingerprint density at radius 2 is 2.20 bits per heavy atom. The Balaban J connectivity index is 1.85. The molecule has 5 heteroatoms. The van der Waals surface area contributed by atoms with Gasteiger partial charge in [-0.25, -0.2) is 19.3 Å². The van der Waals surface area contributed by atoms with Gasteiger partial charge in [0, 0.05) is 11.9 Å². The van der Waals surface area contributed by atoms with Crippen LogP contribution in [0.3, 0.4) is 0 Å². The molecule has 0 aromatic carbocycles. The summed E-state index contributed by atoms with van der Waals surface area (Å²) >= 11 is 0. The van der Waals surface area contributed by atoms with Crippen molar-refractivity contribution in [3.63, 3.8) is 0 Å². The number of hydrogen-bond donors (Lipinski definition) is 1. The van der Waals surface area contributed by atoms with Crippen LogP contribution in [-0.2, 0) is 12.8 Å². The zero-order valence-electron chi connectivity index (χ0n) is 11.4. The molecule has 2 aromatic rings. The molecule has 20 heavy (non-hydrogen) atoms. The van der Waals surface area contributed by atoms with Crippen LogP contribution in [0.1, 0.15) is 17.7 Å². The van der Waals surface area contributed by atoms with Gasteiger partial charge in [0.25, 0.3) is 0 Å². The number of hydrogen-bond acceptors (Lipinski definition) is 4. The molecule has 1 aliphatic rings. The van der Waals surface area contributed by atoms with E-state index >= 15 is 0 Å². The van der Waals surface area contributed by atoms with Gasteiger partial charge >= 0.3 is 0 Å². The minimum atomic E-state index is -0.346. The summed E-state index contributed by atoms with van der Waals surface area (Å²) in [6, 6.07) is 3.00. The quantitative estimate of drug-likeness (QED) is 0.928. The molecule has 0 saturated heterocycles. The van der Waals surface area contributed by atoms with Crippen molar-refractivity contribution < 1.29 is 4.39 Å². The van der Waals surface area contributed by atoms with Crippen molar-refractivity contribution in [1.29, 1.82) is 0 Å². The highest BCUT2D eigenvalue weighted by Crippen LogP contribution is 2.25. The maximum atomic E-state index is 12.9. The van der Waals surface area contributed by atoms with Gasteiger partial charge in [0.1, 0.15) is 11.5 Å². The number of pyridine rings is 1. The average Bonchev–Trinajstić information content (AvgIpc) is 2.48. The van der Waals surface area contributed by atoms with Crippen LogP contribution < -0.4 is 5.32 Å². The van der Waals surface area contributed by atoms with Crippen LogP contribution >= 0.6 is 0 Å². The monoisotopic (exact) mass is 272 g/mol. The molecule has 0 fully saturated rings. The molecular formula is C15H17FN4. The Bertz CT molecular complexity index is 597. The van der Waals surface area contributed by atoms with Gasteiger partial charge in [0.05, 0.1) is 6.20 Å². The van der Waals surface area contributed by atoms with Crippen LogP contribution in [0.2, 0.25) is 0 Å². The van der Waals surface area contributed by atoms with Crippen molar-refractivity contribution in [2.45, 2.75) is 19.3 Å². The summed E-state index contributed by atoms with van der Waals surface area (Å²) in [5, 5.41) is 3.22. The van der Waals surface area contributed by atoms with Crippen LogP contribution in [0.25, 0.3) is 11.5 Å². The number of rotatable bonds is 3. The molecule has 0 bridgehead atoms. The number of aryl methyl sites for hydroxylation is 1. The fourth-order valence-electron chi connectivity index (χ4n) is 2.68. The van der Waals surface area contributed by atoms with Crippen molar-refractivity contribution in [2.24, 2.45) is 5.92 Å². The van der Waals surface area contributed by atoms with Crippen molar-refractivity contribution in [3.8, 4) is 11.5 Å². The zero-order valence-corrected chi connectivity index (χ0v) is 11.4. The number of fused-ring (bicyclic) bond motifs is 1. The molecule has 1 aliphatic carbocycles. The van der Waals surface area contributed by atoms with E-state index in [9.17, 15) is 4.39 Å². The summed E-state index contributed by atoms with van der Waals surface area (Å²) in [5.74, 6) is 0.892. The van der Waals surface area contributed by atoms with Crippen molar-refractivity contribution in [2.75, 3.05) is 13.6 Å². The smallest absolute Gasteiger partial charge is 0.178 e. The first kappa shape index (κ1) is 13.1. The third kappa shape index (κ3) is 2.67. The Kier molecular flexibility index (Phi) is 3.69. The molecule has 0 spiro atoms. The maximum Gasteiger partial charge on any atom is 0.178 e. The number of nitrogens with zero attached hydrogens (tertiary/aromatic N) is 3. The van der Waals surface area contributed by atoms with E-state index in [1.54, 1.807) is 6.07 Å². The first-order chi connectivity index (χ1) is 9.76. The molecule has 1 N–H and O–H groups in total. The van der Waals surface area contributed by atoms with E-state index in [0.29, 0.717) is 17.4 Å². The molecule has 1 atom stereocenters. The van der Waals surface area contributed by atoms with Crippen molar-refractivity contribution in [1.82, 2.24) is 20.3 Å². The van der Waals surface area contributed by atoms with E-state index in [-0.39, 0.29) is 5.82 Å². The van der Waals surface area contributed by atoms with Crippen LogP contribution in [0.15, 0.2) is 24.5 Å². The lowest BCUT2D eigenvalue weighted by Crippen LogP contribution is -2.25. The SMILES string of the molecule is CNCC1CCc2nc(-c3ccc(F)cn3)ncc2C1. The van der Waals surface area contributed by atoms with Gasteiger partial charge in [0.15, 0.2) is 5.82 Å². The molecule has 4 nitrogen and oxygen atoms in total. The van der Waals surface area contributed by atoms with E-state index in [1.807, 2.05) is 13.2 Å². The Labute approximate surface area is 117 Å². The van der Waals surface area contributed by atoms with Gasteiger partial charge in [0.2, 0.25) is 0 Å². The summed E-state index contributed by atoms with van der Waals surface area (Å²) in [6.45, 7) is 1.03. The van der Waals surface area contributed by atoms with Crippen LogP contribution in [0.5, 0.6) is 0 Å². The molecule has 104 valence electrons. The summed E-state index contributed by atoms with van der Waals surface area (Å²) in [6.07, 6.45) is 6.22. The Morgan fingerprint density at radius 3 is 2.95 bits per heavy atom. The van der Waals surface area contributed by atoms with E-state index in [1.165, 1.54) is 17.8 Å². The Morgan fingerprint density at radius 1 is 1.30 bits per heavy atom. The number of halogens is 1. The number of aromatic nitrogens is 3. The normalized spacial score (nSPS) is 17.8. The summed E-state index contributed by atoms with van der Waals surface area (Å²) < 4.78 is 12.9. The van der Waals surface area contributed by atoms with Gasteiger partial charge in [-0.3, -0.25) is 0 Å². The van der Waals surface area contributed by atoms with Gasteiger partial charge in [-0.15, -0.1) is 0 Å². The maximum absolute atomic E-state index is 12.9.